The Balaban J connectivity index is 2.69. The number of amides is 1. The Morgan fingerprint density at radius 1 is 1.35 bits per heavy atom. The summed E-state index contributed by atoms with van der Waals surface area (Å²) in [6.07, 6.45) is 0. The molecule has 1 aromatic carbocycles. The highest BCUT2D eigenvalue weighted by atomic mass is 35.5. The highest BCUT2D eigenvalue weighted by molar-refractivity contribution is 6.31. The molecule has 1 heterocycles. The van der Waals surface area contributed by atoms with Crippen LogP contribution in [0.5, 0.6) is 0 Å². The number of hydrogen-bond donors (Lipinski definition) is 1. The molecule has 1 amide bonds. The zero-order valence-corrected chi connectivity index (χ0v) is 12.7. The van der Waals surface area contributed by atoms with Crippen molar-refractivity contribution in [3.63, 3.8) is 0 Å². The zero-order valence-electron chi connectivity index (χ0n) is 11.9. The van der Waals surface area contributed by atoms with E-state index in [1.165, 1.54) is 4.90 Å². The minimum Gasteiger partial charge on any atom is -0.399 e. The van der Waals surface area contributed by atoms with Gasteiger partial charge in [-0.3, -0.25) is 4.79 Å². The maximum Gasteiger partial charge on any atom is 0.255 e. The predicted molar refractivity (Wildman–Crippen MR) is 80.5 cm³/mol. The fourth-order valence-corrected chi connectivity index (χ4v) is 2.12. The van der Waals surface area contributed by atoms with E-state index in [9.17, 15) is 4.79 Å². The van der Waals surface area contributed by atoms with Gasteiger partial charge in [-0.05, 0) is 32.0 Å². The first-order valence-corrected chi connectivity index (χ1v) is 6.54. The summed E-state index contributed by atoms with van der Waals surface area (Å²) in [6.45, 7) is 3.68. The number of carbonyl (C=O) groups excluding carboxylic acids is 1. The second-order valence-electron chi connectivity index (χ2n) is 4.87. The molecule has 0 spiro atoms. The number of aryl methyl sites for hydroxylation is 1. The van der Waals surface area contributed by atoms with Crippen LogP contribution in [-0.2, 0) is 0 Å². The summed E-state index contributed by atoms with van der Waals surface area (Å²) >= 11 is 6.17. The van der Waals surface area contributed by atoms with E-state index >= 15 is 0 Å². The van der Waals surface area contributed by atoms with E-state index in [1.54, 1.807) is 37.0 Å². The van der Waals surface area contributed by atoms with Crippen molar-refractivity contribution in [2.45, 2.75) is 13.8 Å². The molecule has 0 atom stereocenters. The third-order valence-corrected chi connectivity index (χ3v) is 3.64. The molecule has 0 radical (unpaired) electrons. The molecule has 0 saturated carbocycles. The van der Waals surface area contributed by atoms with Crippen LogP contribution in [0.4, 0.5) is 5.69 Å². The molecule has 5 nitrogen and oxygen atoms in total. The molecule has 6 heteroatoms. The number of benzene rings is 1. The van der Waals surface area contributed by atoms with E-state index in [0.717, 1.165) is 11.4 Å². The first kappa shape index (κ1) is 14.4. The number of rotatable bonds is 2. The van der Waals surface area contributed by atoms with Crippen LogP contribution >= 0.6 is 11.6 Å². The Kier molecular flexibility index (Phi) is 3.72. The number of aromatic nitrogens is 2. The Hall–Kier alpha value is -2.01. The monoisotopic (exact) mass is 292 g/mol. The van der Waals surface area contributed by atoms with Crippen molar-refractivity contribution in [1.29, 1.82) is 0 Å². The Labute approximate surface area is 122 Å². The normalized spacial score (nSPS) is 10.7. The van der Waals surface area contributed by atoms with Gasteiger partial charge in [-0.25, -0.2) is 4.68 Å². The van der Waals surface area contributed by atoms with Crippen molar-refractivity contribution in [1.82, 2.24) is 14.7 Å². The fourth-order valence-electron chi connectivity index (χ4n) is 2.00. The molecule has 0 aliphatic heterocycles. The number of nitrogens with two attached hydrogens (primary N) is 1. The van der Waals surface area contributed by atoms with Gasteiger partial charge in [0.2, 0.25) is 0 Å². The summed E-state index contributed by atoms with van der Waals surface area (Å²) in [6, 6.07) is 5.14. The van der Waals surface area contributed by atoms with Gasteiger partial charge >= 0.3 is 0 Å². The van der Waals surface area contributed by atoms with Crippen LogP contribution < -0.4 is 5.73 Å². The smallest absolute Gasteiger partial charge is 0.255 e. The minimum absolute atomic E-state index is 0.108. The summed E-state index contributed by atoms with van der Waals surface area (Å²) in [7, 11) is 3.41. The lowest BCUT2D eigenvalue weighted by molar-refractivity contribution is 0.0827. The van der Waals surface area contributed by atoms with E-state index in [4.69, 9.17) is 17.3 Å². The lowest BCUT2D eigenvalue weighted by Gasteiger charge is -2.15. The number of nitrogen functional groups attached to an aromatic ring is 1. The van der Waals surface area contributed by atoms with Gasteiger partial charge in [-0.15, -0.1) is 0 Å². The molecule has 0 saturated heterocycles. The number of anilines is 1. The molecule has 20 heavy (non-hydrogen) atoms. The van der Waals surface area contributed by atoms with Gasteiger partial charge in [0.15, 0.2) is 0 Å². The summed E-state index contributed by atoms with van der Waals surface area (Å²) in [5.41, 5.74) is 9.07. The summed E-state index contributed by atoms with van der Waals surface area (Å²) in [5, 5.41) is 4.98. The first-order valence-electron chi connectivity index (χ1n) is 6.16. The highest BCUT2D eigenvalue weighted by Crippen LogP contribution is 2.26. The second kappa shape index (κ2) is 5.17. The second-order valence-corrected chi connectivity index (χ2v) is 5.25. The molecule has 0 bridgehead atoms. The quantitative estimate of drug-likeness (QED) is 0.865. The number of hydrogen-bond acceptors (Lipinski definition) is 3. The Morgan fingerprint density at radius 2 is 2.00 bits per heavy atom. The van der Waals surface area contributed by atoms with Crippen molar-refractivity contribution in [3.8, 4) is 5.69 Å². The molecule has 2 N–H and O–H groups in total. The third kappa shape index (κ3) is 2.36. The van der Waals surface area contributed by atoms with E-state index in [0.29, 0.717) is 22.0 Å². The van der Waals surface area contributed by atoms with Crippen molar-refractivity contribution in [2.75, 3.05) is 19.8 Å². The van der Waals surface area contributed by atoms with Gasteiger partial charge in [-0.1, -0.05) is 11.6 Å². The number of carbonyl (C=O) groups is 1. The number of halogens is 1. The molecule has 2 rings (SSSR count). The third-order valence-electron chi connectivity index (χ3n) is 3.09. The van der Waals surface area contributed by atoms with Crippen LogP contribution in [-0.4, -0.2) is 34.7 Å². The fraction of sp³-hybridized carbons (Fsp3) is 0.286. The molecule has 0 fully saturated rings. The minimum atomic E-state index is -0.108. The van der Waals surface area contributed by atoms with E-state index in [1.807, 2.05) is 13.8 Å². The van der Waals surface area contributed by atoms with E-state index in [2.05, 4.69) is 5.10 Å². The average Bonchev–Trinajstić information content (AvgIpc) is 2.65. The Morgan fingerprint density at radius 3 is 2.50 bits per heavy atom. The van der Waals surface area contributed by atoms with Crippen LogP contribution in [0.1, 0.15) is 21.7 Å². The summed E-state index contributed by atoms with van der Waals surface area (Å²) in [5.74, 6) is -0.108. The SMILES string of the molecule is Cc1nn(-c2cc(N)ccc2C(=O)N(C)C)c(C)c1Cl. The Bertz CT molecular complexity index is 676. The topological polar surface area (TPSA) is 64.2 Å². The number of nitrogens with zero attached hydrogens (tertiary/aromatic N) is 3. The van der Waals surface area contributed by atoms with Crippen molar-refractivity contribution in [3.05, 3.63) is 40.2 Å². The molecule has 0 aliphatic carbocycles. The van der Waals surface area contributed by atoms with Crippen LogP contribution in [0.3, 0.4) is 0 Å². The molecular weight excluding hydrogens is 276 g/mol. The standard InChI is InChI=1S/C14H17ClN4O/c1-8-13(15)9(2)19(17-8)12-7-10(16)5-6-11(12)14(20)18(3)4/h5-7H,16H2,1-4H3. The lowest BCUT2D eigenvalue weighted by atomic mass is 10.1. The van der Waals surface area contributed by atoms with Crippen LogP contribution in [0.15, 0.2) is 18.2 Å². The lowest BCUT2D eigenvalue weighted by Crippen LogP contribution is -2.23. The summed E-state index contributed by atoms with van der Waals surface area (Å²) < 4.78 is 1.66. The molecule has 0 aliphatic rings. The van der Waals surface area contributed by atoms with Gasteiger partial charge in [-0.2, -0.15) is 5.10 Å². The molecule has 0 unspecified atom stereocenters. The molecular formula is C14H17ClN4O. The predicted octanol–water partition coefficient (Wildman–Crippen LogP) is 2.43. The maximum absolute atomic E-state index is 12.3. The van der Waals surface area contributed by atoms with Gasteiger partial charge in [0.25, 0.3) is 5.91 Å². The van der Waals surface area contributed by atoms with Crippen molar-refractivity contribution >= 4 is 23.2 Å². The van der Waals surface area contributed by atoms with E-state index in [-0.39, 0.29) is 5.91 Å². The van der Waals surface area contributed by atoms with Crippen LogP contribution in [0, 0.1) is 13.8 Å². The van der Waals surface area contributed by atoms with Gasteiger partial charge < -0.3 is 10.6 Å². The van der Waals surface area contributed by atoms with Crippen molar-refractivity contribution in [2.24, 2.45) is 0 Å². The molecule has 106 valence electrons. The first-order chi connectivity index (χ1) is 9.32. The highest BCUT2D eigenvalue weighted by Gasteiger charge is 2.19. The molecule has 2 aromatic rings. The van der Waals surface area contributed by atoms with Gasteiger partial charge in [0.1, 0.15) is 0 Å². The zero-order chi connectivity index (χ0) is 15.0. The van der Waals surface area contributed by atoms with Crippen LogP contribution in [0.2, 0.25) is 5.02 Å². The van der Waals surface area contributed by atoms with Gasteiger partial charge in [0, 0.05) is 19.8 Å². The average molecular weight is 293 g/mol. The maximum atomic E-state index is 12.3. The largest absolute Gasteiger partial charge is 0.399 e. The van der Waals surface area contributed by atoms with Crippen molar-refractivity contribution < 1.29 is 4.79 Å². The molecule has 1 aromatic heterocycles. The van der Waals surface area contributed by atoms with Gasteiger partial charge in [0.05, 0.1) is 27.7 Å². The summed E-state index contributed by atoms with van der Waals surface area (Å²) in [4.78, 5) is 13.8. The van der Waals surface area contributed by atoms with E-state index < -0.39 is 0 Å². The van der Waals surface area contributed by atoms with Crippen LogP contribution in [0.25, 0.3) is 5.69 Å².